The van der Waals surface area contributed by atoms with E-state index >= 15 is 0 Å². The molecule has 0 spiro atoms. The Morgan fingerprint density at radius 3 is 2.29 bits per heavy atom. The van der Waals surface area contributed by atoms with E-state index in [1.165, 1.54) is 19.3 Å². The predicted molar refractivity (Wildman–Crippen MR) is 62.6 cm³/mol. The zero-order valence-corrected chi connectivity index (χ0v) is 10.3. The molecule has 0 rings (SSSR count). The number of methoxy groups -OCH3 is 1. The van der Waals surface area contributed by atoms with E-state index in [0.717, 1.165) is 31.5 Å². The van der Waals surface area contributed by atoms with Crippen molar-refractivity contribution in [1.82, 2.24) is 5.32 Å². The second kappa shape index (κ2) is 9.47. The summed E-state index contributed by atoms with van der Waals surface area (Å²) in [5.74, 6) is 1.58. The first-order chi connectivity index (χ1) is 6.72. The Balaban J connectivity index is 3.36. The van der Waals surface area contributed by atoms with Crippen molar-refractivity contribution in [1.29, 1.82) is 0 Å². The standard InChI is InChI=1S/C12H27NO/c1-5-8-13-9-6-11(2)12(3)7-10-14-4/h11-13H,5-10H2,1-4H3. The van der Waals surface area contributed by atoms with E-state index in [4.69, 9.17) is 4.74 Å². The van der Waals surface area contributed by atoms with Crippen LogP contribution in [-0.2, 0) is 4.74 Å². The summed E-state index contributed by atoms with van der Waals surface area (Å²) in [5.41, 5.74) is 0. The minimum Gasteiger partial charge on any atom is -0.385 e. The molecule has 86 valence electrons. The smallest absolute Gasteiger partial charge is 0.0464 e. The molecule has 0 saturated heterocycles. The number of hydrogen-bond acceptors (Lipinski definition) is 2. The molecule has 2 heteroatoms. The topological polar surface area (TPSA) is 21.3 Å². The summed E-state index contributed by atoms with van der Waals surface area (Å²) in [6, 6.07) is 0. The summed E-state index contributed by atoms with van der Waals surface area (Å²) in [6.45, 7) is 10.1. The zero-order valence-electron chi connectivity index (χ0n) is 10.3. The molecular weight excluding hydrogens is 174 g/mol. The summed E-state index contributed by atoms with van der Waals surface area (Å²) in [6.07, 6.45) is 3.70. The van der Waals surface area contributed by atoms with E-state index in [1.807, 2.05) is 0 Å². The van der Waals surface area contributed by atoms with Crippen molar-refractivity contribution in [2.24, 2.45) is 11.8 Å². The molecule has 2 unspecified atom stereocenters. The SMILES string of the molecule is CCCNCCC(C)C(C)CCOC. The Bertz CT molecular complexity index is 117. The van der Waals surface area contributed by atoms with Gasteiger partial charge in [-0.05, 0) is 44.2 Å². The van der Waals surface area contributed by atoms with Gasteiger partial charge in [0.2, 0.25) is 0 Å². The molecule has 2 atom stereocenters. The summed E-state index contributed by atoms with van der Waals surface area (Å²) in [4.78, 5) is 0. The van der Waals surface area contributed by atoms with Gasteiger partial charge in [-0.15, -0.1) is 0 Å². The Morgan fingerprint density at radius 2 is 1.71 bits per heavy atom. The van der Waals surface area contributed by atoms with Gasteiger partial charge in [0, 0.05) is 13.7 Å². The summed E-state index contributed by atoms with van der Waals surface area (Å²) in [7, 11) is 1.78. The van der Waals surface area contributed by atoms with Crippen molar-refractivity contribution >= 4 is 0 Å². The van der Waals surface area contributed by atoms with Crippen LogP contribution in [0.4, 0.5) is 0 Å². The highest BCUT2D eigenvalue weighted by Gasteiger charge is 2.10. The molecule has 2 nitrogen and oxygen atoms in total. The van der Waals surface area contributed by atoms with Crippen LogP contribution in [0.15, 0.2) is 0 Å². The molecule has 0 aliphatic rings. The van der Waals surface area contributed by atoms with Crippen LogP contribution in [0.5, 0.6) is 0 Å². The van der Waals surface area contributed by atoms with E-state index in [1.54, 1.807) is 7.11 Å². The molecule has 0 aromatic carbocycles. The second-order valence-corrected chi connectivity index (χ2v) is 4.27. The lowest BCUT2D eigenvalue weighted by Gasteiger charge is -2.19. The van der Waals surface area contributed by atoms with Gasteiger partial charge in [0.05, 0.1) is 0 Å². The number of hydrogen-bond donors (Lipinski definition) is 1. The van der Waals surface area contributed by atoms with Gasteiger partial charge < -0.3 is 10.1 Å². The lowest BCUT2D eigenvalue weighted by molar-refractivity contribution is 0.166. The molecule has 0 amide bonds. The maximum Gasteiger partial charge on any atom is 0.0464 e. The van der Waals surface area contributed by atoms with Gasteiger partial charge in [-0.3, -0.25) is 0 Å². The summed E-state index contributed by atoms with van der Waals surface area (Å²) < 4.78 is 5.09. The van der Waals surface area contributed by atoms with Crippen LogP contribution >= 0.6 is 0 Å². The average molecular weight is 201 g/mol. The van der Waals surface area contributed by atoms with Crippen molar-refractivity contribution in [3.8, 4) is 0 Å². The molecule has 0 fully saturated rings. The Kier molecular flexibility index (Phi) is 9.42. The van der Waals surface area contributed by atoms with E-state index in [0.29, 0.717) is 0 Å². The van der Waals surface area contributed by atoms with Crippen LogP contribution in [0.3, 0.4) is 0 Å². The Hall–Kier alpha value is -0.0800. The van der Waals surface area contributed by atoms with Gasteiger partial charge in [0.1, 0.15) is 0 Å². The fourth-order valence-electron chi connectivity index (χ4n) is 1.50. The molecule has 0 bridgehead atoms. The lowest BCUT2D eigenvalue weighted by atomic mass is 9.90. The average Bonchev–Trinajstić information content (AvgIpc) is 2.20. The maximum absolute atomic E-state index is 5.09. The summed E-state index contributed by atoms with van der Waals surface area (Å²) in [5, 5.41) is 3.45. The molecular formula is C12H27NO. The van der Waals surface area contributed by atoms with E-state index < -0.39 is 0 Å². The lowest BCUT2D eigenvalue weighted by Crippen LogP contribution is -2.21. The minimum absolute atomic E-state index is 0.776. The molecule has 1 N–H and O–H groups in total. The van der Waals surface area contributed by atoms with Crippen molar-refractivity contribution in [3.63, 3.8) is 0 Å². The molecule has 0 heterocycles. The van der Waals surface area contributed by atoms with Gasteiger partial charge in [0.25, 0.3) is 0 Å². The number of rotatable bonds is 9. The third-order valence-corrected chi connectivity index (χ3v) is 2.95. The normalized spacial score (nSPS) is 15.4. The fraction of sp³-hybridized carbons (Fsp3) is 1.00. The third-order valence-electron chi connectivity index (χ3n) is 2.95. The monoisotopic (exact) mass is 201 g/mol. The highest BCUT2D eigenvalue weighted by molar-refractivity contribution is 4.63. The first kappa shape index (κ1) is 13.9. The predicted octanol–water partition coefficient (Wildman–Crippen LogP) is 2.68. The van der Waals surface area contributed by atoms with Crippen LogP contribution < -0.4 is 5.32 Å². The van der Waals surface area contributed by atoms with Crippen LogP contribution in [0.25, 0.3) is 0 Å². The summed E-state index contributed by atoms with van der Waals surface area (Å²) >= 11 is 0. The zero-order chi connectivity index (χ0) is 10.8. The number of ether oxygens (including phenoxy) is 1. The molecule has 0 aliphatic heterocycles. The second-order valence-electron chi connectivity index (χ2n) is 4.27. The molecule has 14 heavy (non-hydrogen) atoms. The van der Waals surface area contributed by atoms with Crippen molar-refractivity contribution in [2.75, 3.05) is 26.8 Å². The molecule has 0 aromatic rings. The third kappa shape index (κ3) is 7.34. The van der Waals surface area contributed by atoms with Gasteiger partial charge >= 0.3 is 0 Å². The van der Waals surface area contributed by atoms with Gasteiger partial charge in [-0.2, -0.15) is 0 Å². The molecule has 0 aliphatic carbocycles. The Morgan fingerprint density at radius 1 is 1.07 bits per heavy atom. The van der Waals surface area contributed by atoms with Crippen molar-refractivity contribution in [3.05, 3.63) is 0 Å². The Labute approximate surface area is 89.4 Å². The maximum atomic E-state index is 5.09. The molecule has 0 saturated carbocycles. The largest absolute Gasteiger partial charge is 0.385 e. The van der Waals surface area contributed by atoms with E-state index in [2.05, 4.69) is 26.1 Å². The van der Waals surface area contributed by atoms with Crippen molar-refractivity contribution < 1.29 is 4.74 Å². The van der Waals surface area contributed by atoms with Crippen LogP contribution in [-0.4, -0.2) is 26.8 Å². The first-order valence-corrected chi connectivity index (χ1v) is 5.92. The fourth-order valence-corrected chi connectivity index (χ4v) is 1.50. The van der Waals surface area contributed by atoms with Crippen LogP contribution in [0.2, 0.25) is 0 Å². The van der Waals surface area contributed by atoms with E-state index in [9.17, 15) is 0 Å². The van der Waals surface area contributed by atoms with Gasteiger partial charge in [-0.25, -0.2) is 0 Å². The molecule has 0 radical (unpaired) electrons. The van der Waals surface area contributed by atoms with Crippen molar-refractivity contribution in [2.45, 2.75) is 40.0 Å². The highest BCUT2D eigenvalue weighted by atomic mass is 16.5. The molecule has 0 aromatic heterocycles. The quantitative estimate of drug-likeness (QED) is 0.579. The number of nitrogens with one attached hydrogen (secondary N) is 1. The van der Waals surface area contributed by atoms with Crippen LogP contribution in [0, 0.1) is 11.8 Å². The highest BCUT2D eigenvalue weighted by Crippen LogP contribution is 2.17. The van der Waals surface area contributed by atoms with Gasteiger partial charge in [-0.1, -0.05) is 20.8 Å². The van der Waals surface area contributed by atoms with E-state index in [-0.39, 0.29) is 0 Å². The first-order valence-electron chi connectivity index (χ1n) is 5.92. The van der Waals surface area contributed by atoms with Gasteiger partial charge in [0.15, 0.2) is 0 Å². The minimum atomic E-state index is 0.776. The van der Waals surface area contributed by atoms with Crippen LogP contribution in [0.1, 0.15) is 40.0 Å².